The van der Waals surface area contributed by atoms with Crippen molar-refractivity contribution in [2.24, 2.45) is 0 Å². The first-order valence-corrected chi connectivity index (χ1v) is 9.12. The Morgan fingerprint density at radius 2 is 2.33 bits per heavy atom. The van der Waals surface area contributed by atoms with Crippen LogP contribution in [0.4, 0.5) is 0 Å². The number of aryl methyl sites for hydroxylation is 1. The molecule has 2 heterocycles. The predicted octanol–water partition coefficient (Wildman–Crippen LogP) is 0.979. The molecular formula is C12H19N3O4S2. The number of nitrogens with one attached hydrogen (secondary N) is 1. The zero-order chi connectivity index (χ0) is 15.5. The average molecular weight is 333 g/mol. The number of piperidine rings is 1. The number of carbonyl (C=O) groups is 1. The maximum absolute atomic E-state index is 12.3. The van der Waals surface area contributed by atoms with Crippen LogP contribution < -0.4 is 4.72 Å². The second-order valence-corrected chi connectivity index (χ2v) is 7.77. The van der Waals surface area contributed by atoms with Crippen molar-refractivity contribution in [2.45, 2.75) is 45.2 Å². The largest absolute Gasteiger partial charge is 0.480 e. The van der Waals surface area contributed by atoms with Crippen LogP contribution >= 0.6 is 11.3 Å². The van der Waals surface area contributed by atoms with Gasteiger partial charge in [-0.3, -0.25) is 4.79 Å². The molecule has 1 aromatic rings. The van der Waals surface area contributed by atoms with Gasteiger partial charge < -0.3 is 5.11 Å². The van der Waals surface area contributed by atoms with Gasteiger partial charge in [-0.2, -0.15) is 17.4 Å². The maximum atomic E-state index is 12.3. The van der Waals surface area contributed by atoms with E-state index in [9.17, 15) is 13.2 Å². The van der Waals surface area contributed by atoms with Gasteiger partial charge in [-0.15, -0.1) is 11.3 Å². The van der Waals surface area contributed by atoms with E-state index in [4.69, 9.17) is 5.11 Å². The molecule has 1 aliphatic rings. The minimum Gasteiger partial charge on any atom is -0.480 e. The van der Waals surface area contributed by atoms with E-state index in [1.54, 1.807) is 6.20 Å². The normalized spacial score (nSPS) is 20.5. The number of thiazole rings is 1. The van der Waals surface area contributed by atoms with E-state index in [1.807, 2.05) is 6.92 Å². The Morgan fingerprint density at radius 1 is 1.57 bits per heavy atom. The minimum atomic E-state index is -3.80. The van der Waals surface area contributed by atoms with Crippen molar-refractivity contribution in [3.63, 3.8) is 0 Å². The van der Waals surface area contributed by atoms with Gasteiger partial charge in [0, 0.05) is 17.6 Å². The van der Waals surface area contributed by atoms with Gasteiger partial charge >= 0.3 is 5.97 Å². The quantitative estimate of drug-likeness (QED) is 0.808. The number of hydrogen-bond acceptors (Lipinski definition) is 5. The molecule has 1 fully saturated rings. The Morgan fingerprint density at radius 3 is 2.95 bits per heavy atom. The lowest BCUT2D eigenvalue weighted by Crippen LogP contribution is -2.51. The number of aromatic nitrogens is 1. The molecule has 118 valence electrons. The Bertz CT molecular complexity index is 599. The van der Waals surface area contributed by atoms with Crippen LogP contribution in [0.2, 0.25) is 0 Å². The van der Waals surface area contributed by atoms with Gasteiger partial charge in [0.2, 0.25) is 0 Å². The number of aliphatic carboxylic acids is 1. The Balaban J connectivity index is 2.04. The van der Waals surface area contributed by atoms with Crippen LogP contribution in [0.25, 0.3) is 0 Å². The first-order valence-electron chi connectivity index (χ1n) is 6.87. The SMILES string of the molecule is CCc1cnc(CNS(=O)(=O)N2CCCCC2C(=O)O)s1. The van der Waals surface area contributed by atoms with Crippen LogP contribution in [-0.2, 0) is 28.0 Å². The van der Waals surface area contributed by atoms with Gasteiger partial charge in [0.05, 0.1) is 6.54 Å². The fourth-order valence-corrected chi connectivity index (χ4v) is 4.55. The summed E-state index contributed by atoms with van der Waals surface area (Å²) in [6, 6.07) is -0.973. The van der Waals surface area contributed by atoms with Crippen molar-refractivity contribution in [2.75, 3.05) is 6.54 Å². The van der Waals surface area contributed by atoms with Crippen LogP contribution in [0.15, 0.2) is 6.20 Å². The number of carboxylic acid groups (broad SMARTS) is 1. The van der Waals surface area contributed by atoms with E-state index < -0.39 is 22.2 Å². The summed E-state index contributed by atoms with van der Waals surface area (Å²) in [7, 11) is -3.80. The standard InChI is InChI=1S/C12H19N3O4S2/c1-2-9-7-13-11(20-9)8-14-21(18,19)15-6-4-3-5-10(15)12(16)17/h7,10,14H,2-6,8H2,1H3,(H,16,17). The first-order chi connectivity index (χ1) is 9.94. The summed E-state index contributed by atoms with van der Waals surface area (Å²) in [6.07, 6.45) is 4.36. The topological polar surface area (TPSA) is 99.6 Å². The van der Waals surface area contributed by atoms with E-state index in [0.29, 0.717) is 17.8 Å². The lowest BCUT2D eigenvalue weighted by molar-refractivity contribution is -0.142. The molecule has 1 unspecified atom stereocenters. The van der Waals surface area contributed by atoms with Crippen molar-refractivity contribution in [1.82, 2.24) is 14.0 Å². The van der Waals surface area contributed by atoms with E-state index >= 15 is 0 Å². The van der Waals surface area contributed by atoms with E-state index in [0.717, 1.165) is 22.0 Å². The first kappa shape index (κ1) is 16.3. The highest BCUT2D eigenvalue weighted by Gasteiger charge is 2.36. The fraction of sp³-hybridized carbons (Fsp3) is 0.667. The van der Waals surface area contributed by atoms with Crippen LogP contribution in [-0.4, -0.2) is 41.4 Å². The average Bonchev–Trinajstić information content (AvgIpc) is 2.93. The number of hydrogen-bond donors (Lipinski definition) is 2. The minimum absolute atomic E-state index is 0.0931. The molecule has 0 radical (unpaired) electrons. The van der Waals surface area contributed by atoms with Crippen LogP contribution in [0.1, 0.15) is 36.1 Å². The zero-order valence-corrected chi connectivity index (χ0v) is 13.4. The second kappa shape index (κ2) is 6.82. The summed E-state index contributed by atoms with van der Waals surface area (Å²) in [5.74, 6) is -1.09. The van der Waals surface area contributed by atoms with Crippen molar-refractivity contribution < 1.29 is 18.3 Å². The summed E-state index contributed by atoms with van der Waals surface area (Å²) in [6.45, 7) is 2.34. The number of carboxylic acids is 1. The molecular weight excluding hydrogens is 314 g/mol. The zero-order valence-electron chi connectivity index (χ0n) is 11.8. The van der Waals surface area contributed by atoms with Crippen LogP contribution in [0.5, 0.6) is 0 Å². The molecule has 0 spiro atoms. The molecule has 1 saturated heterocycles. The van der Waals surface area contributed by atoms with Crippen LogP contribution in [0.3, 0.4) is 0 Å². The van der Waals surface area contributed by atoms with E-state index in [1.165, 1.54) is 11.3 Å². The molecule has 7 nitrogen and oxygen atoms in total. The van der Waals surface area contributed by atoms with Crippen molar-refractivity contribution in [3.8, 4) is 0 Å². The van der Waals surface area contributed by atoms with E-state index in [2.05, 4.69) is 9.71 Å². The Hall–Kier alpha value is -1.03. The van der Waals surface area contributed by atoms with Crippen molar-refractivity contribution in [3.05, 3.63) is 16.1 Å². The van der Waals surface area contributed by atoms with Crippen molar-refractivity contribution in [1.29, 1.82) is 0 Å². The molecule has 1 aromatic heterocycles. The molecule has 0 aromatic carbocycles. The van der Waals surface area contributed by atoms with Crippen LogP contribution in [0, 0.1) is 0 Å². The Labute approximate surface area is 128 Å². The third kappa shape index (κ3) is 4.00. The molecule has 21 heavy (non-hydrogen) atoms. The molecule has 0 aliphatic carbocycles. The van der Waals surface area contributed by atoms with Gasteiger partial charge in [0.15, 0.2) is 0 Å². The lowest BCUT2D eigenvalue weighted by Gasteiger charge is -2.31. The summed E-state index contributed by atoms with van der Waals surface area (Å²) < 4.78 is 28.1. The third-order valence-electron chi connectivity index (χ3n) is 3.40. The summed E-state index contributed by atoms with van der Waals surface area (Å²) in [4.78, 5) is 16.4. The molecule has 2 rings (SSSR count). The highest BCUT2D eigenvalue weighted by molar-refractivity contribution is 7.87. The van der Waals surface area contributed by atoms with Crippen molar-refractivity contribution >= 4 is 27.5 Å². The highest BCUT2D eigenvalue weighted by Crippen LogP contribution is 2.20. The number of nitrogens with zero attached hydrogens (tertiary/aromatic N) is 2. The molecule has 1 atom stereocenters. The second-order valence-electron chi connectivity index (χ2n) is 4.86. The van der Waals surface area contributed by atoms with Gasteiger partial charge in [-0.05, 0) is 25.7 Å². The van der Waals surface area contributed by atoms with Gasteiger partial charge in [0.25, 0.3) is 10.2 Å². The Kier molecular flexibility index (Phi) is 5.31. The lowest BCUT2D eigenvalue weighted by atomic mass is 10.1. The maximum Gasteiger partial charge on any atom is 0.322 e. The molecule has 9 heteroatoms. The fourth-order valence-electron chi connectivity index (χ4n) is 2.27. The predicted molar refractivity (Wildman–Crippen MR) is 79.2 cm³/mol. The highest BCUT2D eigenvalue weighted by atomic mass is 32.2. The van der Waals surface area contributed by atoms with Gasteiger partial charge in [0.1, 0.15) is 11.0 Å². The molecule has 0 bridgehead atoms. The monoisotopic (exact) mass is 333 g/mol. The molecule has 0 amide bonds. The van der Waals surface area contributed by atoms with Gasteiger partial charge in [-0.25, -0.2) is 4.98 Å². The molecule has 0 saturated carbocycles. The van der Waals surface area contributed by atoms with E-state index in [-0.39, 0.29) is 13.1 Å². The molecule has 2 N–H and O–H groups in total. The van der Waals surface area contributed by atoms with Gasteiger partial charge in [-0.1, -0.05) is 6.92 Å². The molecule has 1 aliphatic heterocycles. The number of rotatable bonds is 6. The third-order valence-corrected chi connectivity index (χ3v) is 6.11. The summed E-state index contributed by atoms with van der Waals surface area (Å²) in [5, 5.41) is 9.83. The summed E-state index contributed by atoms with van der Waals surface area (Å²) in [5.41, 5.74) is 0. The summed E-state index contributed by atoms with van der Waals surface area (Å²) >= 11 is 1.45. The smallest absolute Gasteiger partial charge is 0.322 e.